The lowest BCUT2D eigenvalue weighted by Gasteiger charge is -2.45. The molecule has 1 heteroatoms. The van der Waals surface area contributed by atoms with Gasteiger partial charge in [-0.15, -0.1) is 0 Å². The molecule has 0 N–H and O–H groups in total. The Morgan fingerprint density at radius 1 is 1.25 bits per heavy atom. The van der Waals surface area contributed by atoms with Crippen molar-refractivity contribution >= 4 is 0 Å². The molecule has 3 fully saturated rings. The maximum Gasteiger partial charge on any atom is 0.00123 e. The highest BCUT2D eigenvalue weighted by Gasteiger charge is 2.33. The van der Waals surface area contributed by atoms with E-state index >= 15 is 0 Å². The molecule has 3 saturated heterocycles. The minimum Gasteiger partial charge on any atom is -0.303 e. The van der Waals surface area contributed by atoms with E-state index in [2.05, 4.69) is 11.8 Å². The van der Waals surface area contributed by atoms with Gasteiger partial charge in [-0.2, -0.15) is 0 Å². The Morgan fingerprint density at radius 3 is 2.50 bits per heavy atom. The van der Waals surface area contributed by atoms with Crippen molar-refractivity contribution < 1.29 is 0 Å². The van der Waals surface area contributed by atoms with Gasteiger partial charge < -0.3 is 4.90 Å². The second kappa shape index (κ2) is 3.78. The highest BCUT2D eigenvalue weighted by molar-refractivity contribution is 4.86. The average molecular weight is 167 g/mol. The summed E-state index contributed by atoms with van der Waals surface area (Å²) in [4.78, 5) is 2.67. The van der Waals surface area contributed by atoms with Gasteiger partial charge >= 0.3 is 0 Å². The first-order valence-corrected chi connectivity index (χ1v) is 5.62. The Hall–Kier alpha value is -0.0400. The molecule has 0 aliphatic carbocycles. The van der Waals surface area contributed by atoms with Crippen molar-refractivity contribution in [1.29, 1.82) is 0 Å². The van der Waals surface area contributed by atoms with Gasteiger partial charge in [0.05, 0.1) is 0 Å². The maximum absolute atomic E-state index is 2.67. The average Bonchev–Trinajstić information content (AvgIpc) is 2.17. The topological polar surface area (TPSA) is 3.24 Å². The lowest BCUT2D eigenvalue weighted by molar-refractivity contribution is 0.0457. The van der Waals surface area contributed by atoms with E-state index in [4.69, 9.17) is 0 Å². The molecule has 0 saturated carbocycles. The van der Waals surface area contributed by atoms with Crippen LogP contribution in [0.4, 0.5) is 0 Å². The van der Waals surface area contributed by atoms with Gasteiger partial charge in [0.15, 0.2) is 0 Å². The summed E-state index contributed by atoms with van der Waals surface area (Å²) in [5.74, 6) is 2.16. The summed E-state index contributed by atoms with van der Waals surface area (Å²) in [7, 11) is 0. The van der Waals surface area contributed by atoms with Gasteiger partial charge in [-0.25, -0.2) is 0 Å². The highest BCUT2D eigenvalue weighted by atomic mass is 15.1. The molecule has 0 aromatic carbocycles. The zero-order valence-corrected chi connectivity index (χ0v) is 8.26. The van der Waals surface area contributed by atoms with E-state index in [9.17, 15) is 0 Å². The van der Waals surface area contributed by atoms with Crippen molar-refractivity contribution in [2.24, 2.45) is 11.8 Å². The minimum atomic E-state index is 1.06. The van der Waals surface area contributed by atoms with Crippen molar-refractivity contribution in [1.82, 2.24) is 4.90 Å². The molecule has 0 aromatic rings. The molecule has 70 valence electrons. The fourth-order valence-corrected chi connectivity index (χ4v) is 2.88. The normalized spacial score (nSPS) is 40.2. The van der Waals surface area contributed by atoms with Crippen LogP contribution in [0.1, 0.15) is 39.0 Å². The molecular weight excluding hydrogens is 146 g/mol. The third-order valence-corrected chi connectivity index (χ3v) is 3.72. The van der Waals surface area contributed by atoms with E-state index in [1.807, 2.05) is 0 Å². The van der Waals surface area contributed by atoms with Crippen molar-refractivity contribution in [3.63, 3.8) is 0 Å². The van der Waals surface area contributed by atoms with Crippen LogP contribution in [-0.4, -0.2) is 24.5 Å². The van der Waals surface area contributed by atoms with Crippen LogP contribution in [0.2, 0.25) is 0 Å². The van der Waals surface area contributed by atoms with Gasteiger partial charge in [-0.05, 0) is 44.2 Å². The van der Waals surface area contributed by atoms with Crippen LogP contribution in [0, 0.1) is 11.8 Å². The summed E-state index contributed by atoms with van der Waals surface area (Å²) in [6.45, 7) is 6.52. The van der Waals surface area contributed by atoms with Crippen molar-refractivity contribution in [2.45, 2.75) is 39.0 Å². The first kappa shape index (κ1) is 8.55. The monoisotopic (exact) mass is 167 g/mol. The predicted molar refractivity (Wildman–Crippen MR) is 52.2 cm³/mol. The number of unbranched alkanes of at least 4 members (excludes halogenated alkanes) is 1. The number of rotatable bonds is 3. The van der Waals surface area contributed by atoms with Crippen LogP contribution < -0.4 is 0 Å². The Kier molecular flexibility index (Phi) is 2.69. The molecule has 3 heterocycles. The summed E-state index contributed by atoms with van der Waals surface area (Å²) >= 11 is 0. The number of piperidine rings is 3. The van der Waals surface area contributed by atoms with Crippen molar-refractivity contribution in [2.75, 3.05) is 19.6 Å². The fraction of sp³-hybridized carbons (Fsp3) is 1.00. The maximum atomic E-state index is 2.67. The Bertz CT molecular complexity index is 136. The third-order valence-electron chi connectivity index (χ3n) is 3.72. The third kappa shape index (κ3) is 1.66. The van der Waals surface area contributed by atoms with Gasteiger partial charge in [0, 0.05) is 6.54 Å². The quantitative estimate of drug-likeness (QED) is 0.624. The van der Waals surface area contributed by atoms with Crippen LogP contribution in [0.15, 0.2) is 0 Å². The van der Waals surface area contributed by atoms with Gasteiger partial charge in [-0.3, -0.25) is 0 Å². The molecule has 2 bridgehead atoms. The standard InChI is InChI=1S/C11H21N/c1-2-3-4-11-9-12-7-5-10(11)6-8-12/h10-11H,2-9H2,1H3. The van der Waals surface area contributed by atoms with E-state index in [1.165, 1.54) is 51.7 Å². The lowest BCUT2D eigenvalue weighted by atomic mass is 9.77. The smallest absolute Gasteiger partial charge is 0.00123 e. The van der Waals surface area contributed by atoms with Gasteiger partial charge in [0.2, 0.25) is 0 Å². The molecule has 1 atom stereocenters. The van der Waals surface area contributed by atoms with E-state index in [0.29, 0.717) is 0 Å². The molecule has 0 amide bonds. The number of nitrogens with zero attached hydrogens (tertiary/aromatic N) is 1. The summed E-state index contributed by atoms with van der Waals surface area (Å²) in [6.07, 6.45) is 7.32. The Labute approximate surface area is 76.1 Å². The number of hydrogen-bond donors (Lipinski definition) is 0. The van der Waals surface area contributed by atoms with Gasteiger partial charge in [0.1, 0.15) is 0 Å². The molecule has 12 heavy (non-hydrogen) atoms. The van der Waals surface area contributed by atoms with Crippen LogP contribution >= 0.6 is 0 Å². The molecule has 0 radical (unpaired) electrons. The molecule has 3 aliphatic rings. The second-order valence-electron chi connectivity index (χ2n) is 4.54. The second-order valence-corrected chi connectivity index (χ2v) is 4.54. The van der Waals surface area contributed by atoms with E-state index < -0.39 is 0 Å². The van der Waals surface area contributed by atoms with Crippen molar-refractivity contribution in [3.8, 4) is 0 Å². The number of fused-ring (bicyclic) bond motifs is 3. The fourth-order valence-electron chi connectivity index (χ4n) is 2.88. The first-order valence-electron chi connectivity index (χ1n) is 5.62. The molecule has 0 spiro atoms. The minimum absolute atomic E-state index is 1.06. The number of hydrogen-bond acceptors (Lipinski definition) is 1. The predicted octanol–water partition coefficient (Wildman–Crippen LogP) is 2.52. The lowest BCUT2D eigenvalue weighted by Crippen LogP contribution is -2.47. The van der Waals surface area contributed by atoms with Crippen LogP contribution in [0.25, 0.3) is 0 Å². The molecule has 3 rings (SSSR count). The first-order chi connectivity index (χ1) is 5.90. The van der Waals surface area contributed by atoms with Crippen LogP contribution in [0.3, 0.4) is 0 Å². The van der Waals surface area contributed by atoms with E-state index in [0.717, 1.165) is 11.8 Å². The van der Waals surface area contributed by atoms with Crippen molar-refractivity contribution in [3.05, 3.63) is 0 Å². The molecular formula is C11H21N. The van der Waals surface area contributed by atoms with E-state index in [-0.39, 0.29) is 0 Å². The Morgan fingerprint density at radius 2 is 2.00 bits per heavy atom. The van der Waals surface area contributed by atoms with E-state index in [1.54, 1.807) is 0 Å². The largest absolute Gasteiger partial charge is 0.303 e. The van der Waals surface area contributed by atoms with Crippen LogP contribution in [0.5, 0.6) is 0 Å². The molecule has 0 aromatic heterocycles. The van der Waals surface area contributed by atoms with Crippen LogP contribution in [-0.2, 0) is 0 Å². The summed E-state index contributed by atoms with van der Waals surface area (Å²) < 4.78 is 0. The highest BCUT2D eigenvalue weighted by Crippen LogP contribution is 2.34. The van der Waals surface area contributed by atoms with Gasteiger partial charge in [-0.1, -0.05) is 19.8 Å². The van der Waals surface area contributed by atoms with Gasteiger partial charge in [0.25, 0.3) is 0 Å². The molecule has 1 nitrogen and oxygen atoms in total. The Balaban J connectivity index is 1.82. The zero-order chi connectivity index (χ0) is 8.39. The molecule has 3 aliphatic heterocycles. The summed E-state index contributed by atoms with van der Waals surface area (Å²) in [6, 6.07) is 0. The molecule has 1 unspecified atom stereocenters. The SMILES string of the molecule is CCCCC1CN2CCC1CC2. The summed E-state index contributed by atoms with van der Waals surface area (Å²) in [5, 5.41) is 0. The zero-order valence-electron chi connectivity index (χ0n) is 8.26. The summed E-state index contributed by atoms with van der Waals surface area (Å²) in [5.41, 5.74) is 0.